The van der Waals surface area contributed by atoms with Crippen LogP contribution in [0, 0.1) is 0 Å². The van der Waals surface area contributed by atoms with Crippen molar-refractivity contribution in [2.45, 2.75) is 19.8 Å². The molecule has 1 aliphatic rings. The van der Waals surface area contributed by atoms with Crippen LogP contribution in [0.3, 0.4) is 0 Å². The predicted molar refractivity (Wildman–Crippen MR) is 64.4 cm³/mol. The molecule has 2 heteroatoms. The quantitative estimate of drug-likeness (QED) is 0.686. The van der Waals surface area contributed by atoms with Crippen molar-refractivity contribution < 1.29 is 0 Å². The van der Waals surface area contributed by atoms with Crippen LogP contribution in [-0.2, 0) is 12.8 Å². The Kier molecular flexibility index (Phi) is 2.92. The zero-order valence-corrected chi connectivity index (χ0v) is 9.53. The largest absolute Gasteiger partial charge is 0.277 e. The molecule has 1 nitrogen and oxygen atoms in total. The average Bonchev–Trinajstić information content (AvgIpc) is 2.27. The maximum Gasteiger partial charge on any atom is 0.0977 e. The molecule has 0 unspecified atom stereocenters. The highest BCUT2D eigenvalue weighted by atomic mass is 32.2. The molecule has 0 fully saturated rings. The van der Waals surface area contributed by atoms with Crippen LogP contribution < -0.4 is 0 Å². The summed E-state index contributed by atoms with van der Waals surface area (Å²) in [6.07, 6.45) is 4.31. The maximum atomic E-state index is 4.54. The van der Waals surface area contributed by atoms with Gasteiger partial charge in [-0.1, -0.05) is 19.1 Å². The van der Waals surface area contributed by atoms with Gasteiger partial charge in [0.25, 0.3) is 0 Å². The highest BCUT2D eigenvalue weighted by molar-refractivity contribution is 8.13. The predicted octanol–water partition coefficient (Wildman–Crippen LogP) is 2.91. The second-order valence-electron chi connectivity index (χ2n) is 3.49. The molecule has 0 N–H and O–H groups in total. The monoisotopic (exact) mass is 205 g/mol. The second kappa shape index (κ2) is 4.18. The van der Waals surface area contributed by atoms with Crippen molar-refractivity contribution in [3.63, 3.8) is 0 Å². The fourth-order valence-corrected chi connectivity index (χ4v) is 2.43. The van der Waals surface area contributed by atoms with Crippen molar-refractivity contribution in [1.29, 1.82) is 0 Å². The minimum Gasteiger partial charge on any atom is -0.277 e. The maximum absolute atomic E-state index is 4.54. The lowest BCUT2D eigenvalue weighted by Crippen LogP contribution is -2.10. The van der Waals surface area contributed by atoms with Crippen LogP contribution in [0.25, 0.3) is 0 Å². The van der Waals surface area contributed by atoms with Crippen molar-refractivity contribution >= 4 is 16.8 Å². The Bertz CT molecular complexity index is 369. The minimum atomic E-state index is 0.953. The Hall–Kier alpha value is -0.760. The molecule has 0 saturated heterocycles. The van der Waals surface area contributed by atoms with E-state index < -0.39 is 0 Å². The van der Waals surface area contributed by atoms with Crippen LogP contribution in [0.5, 0.6) is 0 Å². The zero-order chi connectivity index (χ0) is 9.97. The SMILES string of the molecule is CCc1ccc2c(c1)C(SC)=NCC2. The fraction of sp³-hybridized carbons (Fsp3) is 0.417. The number of hydrogen-bond acceptors (Lipinski definition) is 2. The molecular weight excluding hydrogens is 190 g/mol. The normalized spacial score (nSPS) is 14.9. The Labute approximate surface area is 89.6 Å². The minimum absolute atomic E-state index is 0.953. The summed E-state index contributed by atoms with van der Waals surface area (Å²) in [6, 6.07) is 6.80. The Morgan fingerprint density at radius 2 is 2.29 bits per heavy atom. The third-order valence-electron chi connectivity index (χ3n) is 2.64. The van der Waals surface area contributed by atoms with E-state index in [9.17, 15) is 0 Å². The van der Waals surface area contributed by atoms with E-state index in [2.05, 4.69) is 36.4 Å². The van der Waals surface area contributed by atoms with Gasteiger partial charge in [-0.2, -0.15) is 0 Å². The smallest absolute Gasteiger partial charge is 0.0977 e. The Balaban J connectivity index is 2.46. The van der Waals surface area contributed by atoms with E-state index in [0.29, 0.717) is 0 Å². The molecule has 1 aromatic carbocycles. The summed E-state index contributed by atoms with van der Waals surface area (Å²) in [5, 5.41) is 1.21. The fourth-order valence-electron chi connectivity index (χ4n) is 1.80. The summed E-state index contributed by atoms with van der Waals surface area (Å²) in [5.74, 6) is 0. The van der Waals surface area contributed by atoms with Gasteiger partial charge in [-0.3, -0.25) is 4.99 Å². The third kappa shape index (κ3) is 1.71. The van der Waals surface area contributed by atoms with Crippen molar-refractivity contribution in [1.82, 2.24) is 0 Å². The molecule has 0 amide bonds. The molecule has 1 aliphatic heterocycles. The molecule has 14 heavy (non-hydrogen) atoms. The summed E-state index contributed by atoms with van der Waals surface area (Å²) in [7, 11) is 0. The van der Waals surface area contributed by atoms with E-state index in [1.54, 1.807) is 11.8 Å². The molecule has 1 aromatic rings. The molecule has 0 bridgehead atoms. The van der Waals surface area contributed by atoms with Gasteiger partial charge in [0, 0.05) is 12.1 Å². The first-order valence-corrected chi connectivity index (χ1v) is 6.28. The second-order valence-corrected chi connectivity index (χ2v) is 4.28. The molecule has 0 aromatic heterocycles. The number of thioether (sulfide) groups is 1. The number of aryl methyl sites for hydroxylation is 1. The van der Waals surface area contributed by atoms with Crippen molar-refractivity contribution in [3.8, 4) is 0 Å². The van der Waals surface area contributed by atoms with E-state index in [-0.39, 0.29) is 0 Å². The van der Waals surface area contributed by atoms with E-state index in [1.807, 2.05) is 0 Å². The molecule has 2 rings (SSSR count). The molecule has 0 atom stereocenters. The van der Waals surface area contributed by atoms with Gasteiger partial charge in [0.15, 0.2) is 0 Å². The number of rotatable bonds is 1. The molecule has 0 saturated carbocycles. The van der Waals surface area contributed by atoms with Crippen LogP contribution in [0.2, 0.25) is 0 Å². The lowest BCUT2D eigenvalue weighted by Gasteiger charge is -2.16. The zero-order valence-electron chi connectivity index (χ0n) is 8.71. The van der Waals surface area contributed by atoms with Crippen molar-refractivity contribution in [2.75, 3.05) is 12.8 Å². The van der Waals surface area contributed by atoms with Gasteiger partial charge in [0.1, 0.15) is 0 Å². The van der Waals surface area contributed by atoms with E-state index in [0.717, 1.165) is 19.4 Å². The summed E-state index contributed by atoms with van der Waals surface area (Å²) in [4.78, 5) is 4.54. The third-order valence-corrected chi connectivity index (χ3v) is 3.38. The number of aliphatic imine (C=N–C) groups is 1. The highest BCUT2D eigenvalue weighted by Crippen LogP contribution is 2.22. The first-order chi connectivity index (χ1) is 6.85. The lowest BCUT2D eigenvalue weighted by molar-refractivity contribution is 0.946. The number of benzene rings is 1. The highest BCUT2D eigenvalue weighted by Gasteiger charge is 2.12. The van der Waals surface area contributed by atoms with Gasteiger partial charge >= 0.3 is 0 Å². The van der Waals surface area contributed by atoms with Crippen LogP contribution >= 0.6 is 11.8 Å². The molecule has 0 radical (unpaired) electrons. The Morgan fingerprint density at radius 1 is 1.43 bits per heavy atom. The number of fused-ring (bicyclic) bond motifs is 1. The first-order valence-electron chi connectivity index (χ1n) is 5.05. The van der Waals surface area contributed by atoms with Gasteiger partial charge in [0.05, 0.1) is 5.04 Å². The molecule has 74 valence electrons. The van der Waals surface area contributed by atoms with Crippen LogP contribution in [0.1, 0.15) is 23.6 Å². The lowest BCUT2D eigenvalue weighted by atomic mass is 9.99. The topological polar surface area (TPSA) is 12.4 Å². The van der Waals surface area contributed by atoms with Crippen LogP contribution in [0.15, 0.2) is 23.2 Å². The summed E-state index contributed by atoms with van der Waals surface area (Å²) >= 11 is 1.76. The molecule has 1 heterocycles. The van der Waals surface area contributed by atoms with Gasteiger partial charge in [-0.05, 0) is 36.3 Å². The van der Waals surface area contributed by atoms with Gasteiger partial charge in [-0.15, -0.1) is 11.8 Å². The summed E-state index contributed by atoms with van der Waals surface area (Å²) < 4.78 is 0. The first kappa shape index (κ1) is 9.78. The molecular formula is C12H15NS. The molecule has 0 aliphatic carbocycles. The van der Waals surface area contributed by atoms with Crippen LogP contribution in [-0.4, -0.2) is 17.8 Å². The molecule has 0 spiro atoms. The van der Waals surface area contributed by atoms with E-state index in [1.165, 1.54) is 21.7 Å². The van der Waals surface area contributed by atoms with Crippen molar-refractivity contribution in [2.24, 2.45) is 4.99 Å². The van der Waals surface area contributed by atoms with Crippen molar-refractivity contribution in [3.05, 3.63) is 34.9 Å². The van der Waals surface area contributed by atoms with E-state index >= 15 is 0 Å². The average molecular weight is 205 g/mol. The van der Waals surface area contributed by atoms with Gasteiger partial charge < -0.3 is 0 Å². The van der Waals surface area contributed by atoms with Gasteiger partial charge in [-0.25, -0.2) is 0 Å². The number of hydrogen-bond donors (Lipinski definition) is 0. The van der Waals surface area contributed by atoms with E-state index in [4.69, 9.17) is 0 Å². The number of nitrogens with zero attached hydrogens (tertiary/aromatic N) is 1. The summed E-state index contributed by atoms with van der Waals surface area (Å²) in [6.45, 7) is 3.15. The standard InChI is InChI=1S/C12H15NS/c1-3-9-4-5-10-6-7-13-12(14-2)11(10)8-9/h4-5,8H,3,6-7H2,1-2H3. The van der Waals surface area contributed by atoms with Gasteiger partial charge in [0.2, 0.25) is 0 Å². The Morgan fingerprint density at radius 3 is 3.00 bits per heavy atom. The summed E-state index contributed by atoms with van der Waals surface area (Å²) in [5.41, 5.74) is 4.23. The van der Waals surface area contributed by atoms with Crippen LogP contribution in [0.4, 0.5) is 0 Å².